The van der Waals surface area contributed by atoms with E-state index in [2.05, 4.69) is 21.3 Å². The standard InChI is InChI=1S/C14H9N5/c15-9-11-2-1-3-13(8-11)19-17-10-14(18-19)12-4-6-16-7-5-12/h1-8,10H. The Morgan fingerprint density at radius 1 is 1.11 bits per heavy atom. The lowest BCUT2D eigenvalue weighted by Gasteiger charge is -1.99. The molecular weight excluding hydrogens is 238 g/mol. The fourth-order valence-corrected chi connectivity index (χ4v) is 1.74. The molecule has 19 heavy (non-hydrogen) atoms. The summed E-state index contributed by atoms with van der Waals surface area (Å²) in [4.78, 5) is 5.48. The first kappa shape index (κ1) is 11.1. The third-order valence-corrected chi connectivity index (χ3v) is 2.67. The van der Waals surface area contributed by atoms with Crippen molar-refractivity contribution < 1.29 is 0 Å². The van der Waals surface area contributed by atoms with Crippen molar-refractivity contribution in [1.29, 1.82) is 5.26 Å². The summed E-state index contributed by atoms with van der Waals surface area (Å²) in [6, 6.07) is 13.0. The molecule has 0 spiro atoms. The highest BCUT2D eigenvalue weighted by atomic mass is 15.5. The predicted octanol–water partition coefficient (Wildman–Crippen LogP) is 2.20. The predicted molar refractivity (Wildman–Crippen MR) is 69.3 cm³/mol. The molecule has 0 bridgehead atoms. The van der Waals surface area contributed by atoms with Gasteiger partial charge in [0.05, 0.1) is 23.5 Å². The molecule has 1 aromatic carbocycles. The van der Waals surface area contributed by atoms with Crippen molar-refractivity contribution in [2.45, 2.75) is 0 Å². The van der Waals surface area contributed by atoms with Gasteiger partial charge in [0.1, 0.15) is 5.69 Å². The van der Waals surface area contributed by atoms with Gasteiger partial charge in [0.25, 0.3) is 0 Å². The van der Waals surface area contributed by atoms with E-state index in [1.165, 1.54) is 4.80 Å². The zero-order valence-corrected chi connectivity index (χ0v) is 9.93. The van der Waals surface area contributed by atoms with Crippen molar-refractivity contribution in [2.75, 3.05) is 0 Å². The van der Waals surface area contributed by atoms with Crippen LogP contribution in [0.3, 0.4) is 0 Å². The normalized spacial score (nSPS) is 10.1. The zero-order valence-electron chi connectivity index (χ0n) is 9.93. The van der Waals surface area contributed by atoms with Crippen molar-refractivity contribution in [3.05, 3.63) is 60.6 Å². The quantitative estimate of drug-likeness (QED) is 0.696. The van der Waals surface area contributed by atoms with Crippen molar-refractivity contribution in [3.8, 4) is 23.0 Å². The Balaban J connectivity index is 2.00. The van der Waals surface area contributed by atoms with Crippen LogP contribution in [0, 0.1) is 11.3 Å². The summed E-state index contributed by atoms with van der Waals surface area (Å²) < 4.78 is 0. The van der Waals surface area contributed by atoms with Gasteiger partial charge in [-0.15, -0.1) is 5.10 Å². The lowest BCUT2D eigenvalue weighted by molar-refractivity contribution is 0.753. The molecule has 0 aliphatic heterocycles. The third kappa shape index (κ3) is 2.19. The van der Waals surface area contributed by atoms with Crippen LogP contribution in [0.2, 0.25) is 0 Å². The minimum atomic E-state index is 0.584. The molecular formula is C14H9N5. The van der Waals surface area contributed by atoms with Crippen LogP contribution in [0.1, 0.15) is 5.56 Å². The fraction of sp³-hybridized carbons (Fsp3) is 0. The molecule has 0 fully saturated rings. The Kier molecular flexibility index (Phi) is 2.75. The molecule has 0 unspecified atom stereocenters. The summed E-state index contributed by atoms with van der Waals surface area (Å²) in [6.45, 7) is 0. The van der Waals surface area contributed by atoms with Crippen LogP contribution in [0.25, 0.3) is 16.9 Å². The van der Waals surface area contributed by atoms with Crippen LogP contribution in [0.4, 0.5) is 0 Å². The van der Waals surface area contributed by atoms with Gasteiger partial charge < -0.3 is 0 Å². The summed E-state index contributed by atoms with van der Waals surface area (Å²) in [5.41, 5.74) is 3.07. The van der Waals surface area contributed by atoms with Crippen LogP contribution in [0.15, 0.2) is 55.0 Å². The Labute approximate surface area is 109 Å². The van der Waals surface area contributed by atoms with Crippen LogP contribution in [-0.4, -0.2) is 20.0 Å². The molecule has 0 saturated heterocycles. The molecule has 3 aromatic rings. The van der Waals surface area contributed by atoms with E-state index in [1.807, 2.05) is 24.3 Å². The minimum Gasteiger partial charge on any atom is -0.265 e. The topological polar surface area (TPSA) is 67.4 Å². The van der Waals surface area contributed by atoms with Gasteiger partial charge in [-0.3, -0.25) is 4.98 Å². The van der Waals surface area contributed by atoms with Gasteiger partial charge >= 0.3 is 0 Å². The summed E-state index contributed by atoms with van der Waals surface area (Å²) in [5.74, 6) is 0. The maximum Gasteiger partial charge on any atom is 0.113 e. The summed E-state index contributed by atoms with van der Waals surface area (Å²) in [7, 11) is 0. The number of aromatic nitrogens is 4. The lowest BCUT2D eigenvalue weighted by atomic mass is 10.2. The van der Waals surface area contributed by atoms with Crippen LogP contribution in [0.5, 0.6) is 0 Å². The van der Waals surface area contributed by atoms with Gasteiger partial charge in [0, 0.05) is 18.0 Å². The Hall–Kier alpha value is -3.00. The molecule has 0 saturated carbocycles. The average Bonchev–Trinajstić information content (AvgIpc) is 2.98. The molecule has 0 amide bonds. The molecule has 0 N–H and O–H groups in total. The van der Waals surface area contributed by atoms with Crippen molar-refractivity contribution in [2.24, 2.45) is 0 Å². The minimum absolute atomic E-state index is 0.584. The number of nitrogens with zero attached hydrogens (tertiary/aromatic N) is 5. The Morgan fingerprint density at radius 3 is 2.74 bits per heavy atom. The van der Waals surface area contributed by atoms with E-state index >= 15 is 0 Å². The second-order valence-corrected chi connectivity index (χ2v) is 3.92. The first-order valence-electron chi connectivity index (χ1n) is 5.70. The largest absolute Gasteiger partial charge is 0.265 e. The van der Waals surface area contributed by atoms with Crippen LogP contribution >= 0.6 is 0 Å². The molecule has 2 aromatic heterocycles. The van der Waals surface area contributed by atoms with Gasteiger partial charge in [-0.05, 0) is 30.3 Å². The molecule has 5 heteroatoms. The van der Waals surface area contributed by atoms with E-state index in [0.717, 1.165) is 16.9 Å². The van der Waals surface area contributed by atoms with Gasteiger partial charge in [0.15, 0.2) is 0 Å². The van der Waals surface area contributed by atoms with E-state index < -0.39 is 0 Å². The molecule has 0 aliphatic carbocycles. The maximum absolute atomic E-state index is 8.89. The SMILES string of the molecule is N#Cc1cccc(-n2ncc(-c3ccncc3)n2)c1. The Morgan fingerprint density at radius 2 is 1.95 bits per heavy atom. The number of benzene rings is 1. The van der Waals surface area contributed by atoms with Gasteiger partial charge in [0.2, 0.25) is 0 Å². The second kappa shape index (κ2) is 4.70. The summed E-state index contributed by atoms with van der Waals surface area (Å²) in [6.07, 6.45) is 5.11. The average molecular weight is 247 g/mol. The fourth-order valence-electron chi connectivity index (χ4n) is 1.74. The summed E-state index contributed by atoms with van der Waals surface area (Å²) >= 11 is 0. The summed E-state index contributed by atoms with van der Waals surface area (Å²) in [5, 5.41) is 17.5. The zero-order chi connectivity index (χ0) is 13.1. The van der Waals surface area contributed by atoms with E-state index in [-0.39, 0.29) is 0 Å². The molecule has 0 atom stereocenters. The third-order valence-electron chi connectivity index (χ3n) is 2.67. The van der Waals surface area contributed by atoms with Crippen molar-refractivity contribution >= 4 is 0 Å². The van der Waals surface area contributed by atoms with Gasteiger partial charge in [-0.25, -0.2) is 0 Å². The van der Waals surface area contributed by atoms with E-state index in [9.17, 15) is 0 Å². The molecule has 0 radical (unpaired) electrons. The first-order valence-corrected chi connectivity index (χ1v) is 5.70. The van der Waals surface area contributed by atoms with Crippen molar-refractivity contribution in [1.82, 2.24) is 20.0 Å². The highest BCUT2D eigenvalue weighted by Gasteiger charge is 2.05. The molecule has 5 nitrogen and oxygen atoms in total. The number of hydrogen-bond acceptors (Lipinski definition) is 4. The van der Waals surface area contributed by atoms with Gasteiger partial charge in [-0.1, -0.05) is 6.07 Å². The highest BCUT2D eigenvalue weighted by molar-refractivity contribution is 5.56. The van der Waals surface area contributed by atoms with Crippen molar-refractivity contribution in [3.63, 3.8) is 0 Å². The second-order valence-electron chi connectivity index (χ2n) is 3.92. The monoisotopic (exact) mass is 247 g/mol. The Bertz CT molecular complexity index is 740. The number of nitriles is 1. The number of pyridine rings is 1. The van der Waals surface area contributed by atoms with Crippen LogP contribution < -0.4 is 0 Å². The van der Waals surface area contributed by atoms with E-state index in [1.54, 1.807) is 30.7 Å². The number of hydrogen-bond donors (Lipinski definition) is 0. The molecule has 90 valence electrons. The molecule has 3 rings (SSSR count). The molecule has 2 heterocycles. The van der Waals surface area contributed by atoms with E-state index in [0.29, 0.717) is 5.56 Å². The van der Waals surface area contributed by atoms with Gasteiger partial charge in [-0.2, -0.15) is 15.2 Å². The maximum atomic E-state index is 8.89. The van der Waals surface area contributed by atoms with Crippen LogP contribution in [-0.2, 0) is 0 Å². The number of rotatable bonds is 2. The smallest absolute Gasteiger partial charge is 0.113 e. The molecule has 0 aliphatic rings. The highest BCUT2D eigenvalue weighted by Crippen LogP contribution is 2.16. The first-order chi connectivity index (χ1) is 9.36. The van der Waals surface area contributed by atoms with E-state index in [4.69, 9.17) is 5.26 Å². The lowest BCUT2D eigenvalue weighted by Crippen LogP contribution is -1.98.